The van der Waals surface area contributed by atoms with Crippen molar-refractivity contribution in [2.24, 2.45) is 5.92 Å². The van der Waals surface area contributed by atoms with Crippen LogP contribution in [0.1, 0.15) is 73.6 Å². The summed E-state index contributed by atoms with van der Waals surface area (Å²) >= 11 is 7.12. The second-order valence-corrected chi connectivity index (χ2v) is 12.8. The molecule has 2 atom stereocenters. The predicted molar refractivity (Wildman–Crippen MR) is 104 cm³/mol. The van der Waals surface area contributed by atoms with Crippen LogP contribution in [0, 0.1) is 5.92 Å². The van der Waals surface area contributed by atoms with E-state index in [0.29, 0.717) is 0 Å². The van der Waals surface area contributed by atoms with E-state index in [9.17, 15) is 9.90 Å². The molecule has 23 heavy (non-hydrogen) atoms. The van der Waals surface area contributed by atoms with Gasteiger partial charge in [0.1, 0.15) is 0 Å². The number of hydrogen-bond donors (Lipinski definition) is 1. The van der Waals surface area contributed by atoms with Crippen molar-refractivity contribution in [3.8, 4) is 0 Å². The van der Waals surface area contributed by atoms with Gasteiger partial charge in [0, 0.05) is 5.25 Å². The summed E-state index contributed by atoms with van der Waals surface area (Å²) in [6.45, 7) is 12.0. The van der Waals surface area contributed by atoms with E-state index in [4.69, 9.17) is 20.9 Å². The molecule has 0 fully saturated rings. The molecule has 0 aliphatic carbocycles. The first kappa shape index (κ1) is 23.4. The van der Waals surface area contributed by atoms with Gasteiger partial charge in [-0.3, -0.25) is 4.79 Å². The number of hydrogen-bond acceptors (Lipinski definition) is 5. The Bertz CT molecular complexity index is 374. The zero-order chi connectivity index (χ0) is 18.0. The highest BCUT2D eigenvalue weighted by Gasteiger charge is 2.32. The lowest BCUT2D eigenvalue weighted by atomic mass is 9.98. The quantitative estimate of drug-likeness (QED) is 0.317. The zero-order valence-corrected chi connectivity index (χ0v) is 17.8. The summed E-state index contributed by atoms with van der Waals surface area (Å²) in [6.07, 6.45) is 4.49. The van der Waals surface area contributed by atoms with E-state index in [2.05, 4.69) is 13.8 Å². The molecule has 0 rings (SSSR count). The molecular weight excluding hydrogens is 351 g/mol. The van der Waals surface area contributed by atoms with Crippen LogP contribution in [0.4, 0.5) is 0 Å². The fourth-order valence-electron chi connectivity index (χ4n) is 2.17. The third kappa shape index (κ3) is 11.5. The molecule has 0 aliphatic heterocycles. The monoisotopic (exact) mass is 384 g/mol. The maximum Gasteiger partial charge on any atom is 0.304 e. The molecule has 4 nitrogen and oxygen atoms in total. The molecule has 0 radical (unpaired) electrons. The van der Waals surface area contributed by atoms with Gasteiger partial charge in [-0.05, 0) is 51.8 Å². The Labute approximate surface area is 151 Å². The van der Waals surface area contributed by atoms with Gasteiger partial charge >= 0.3 is 5.97 Å². The van der Waals surface area contributed by atoms with Gasteiger partial charge in [-0.15, -0.1) is 0 Å². The minimum Gasteiger partial charge on any atom is -0.481 e. The van der Waals surface area contributed by atoms with Crippen molar-refractivity contribution in [1.29, 1.82) is 0 Å². The molecule has 0 aromatic carbocycles. The molecule has 0 spiro atoms. The minimum absolute atomic E-state index is 0.0343. The minimum atomic E-state index is -2.55. The zero-order valence-electron chi connectivity index (χ0n) is 15.3. The fraction of sp³-hybridized carbons (Fsp3) is 0.938. The smallest absolute Gasteiger partial charge is 0.304 e. The van der Waals surface area contributed by atoms with Crippen LogP contribution in [0.3, 0.4) is 0 Å². The van der Waals surface area contributed by atoms with E-state index in [1.807, 2.05) is 27.7 Å². The highest BCUT2D eigenvalue weighted by molar-refractivity contribution is 8.68. The average Bonchev–Trinajstić information content (AvgIpc) is 2.35. The second kappa shape index (κ2) is 11.9. The van der Waals surface area contributed by atoms with E-state index in [1.54, 1.807) is 0 Å². The van der Waals surface area contributed by atoms with E-state index in [1.165, 1.54) is 17.8 Å². The van der Waals surface area contributed by atoms with Crippen LogP contribution < -0.4 is 0 Å². The molecule has 1 N–H and O–H groups in total. The maximum absolute atomic E-state index is 11.3. The Balaban J connectivity index is 5.04. The van der Waals surface area contributed by atoms with E-state index in [0.717, 1.165) is 19.3 Å². The van der Waals surface area contributed by atoms with Crippen molar-refractivity contribution < 1.29 is 18.9 Å². The maximum atomic E-state index is 11.3. The molecule has 0 amide bonds. The molecule has 0 saturated carbocycles. The lowest BCUT2D eigenvalue weighted by Gasteiger charge is -2.31. The number of carboxylic acids is 1. The summed E-state index contributed by atoms with van der Waals surface area (Å²) in [4.78, 5) is 11.3. The molecule has 7 heteroatoms. The molecule has 0 saturated heterocycles. The fourth-order valence-corrected chi connectivity index (χ4v) is 9.45. The Morgan fingerprint density at radius 3 is 2.04 bits per heavy atom. The summed E-state index contributed by atoms with van der Waals surface area (Å²) in [5.74, 6) is -0.517. The molecule has 0 aliphatic rings. The highest BCUT2D eigenvalue weighted by atomic mass is 32.9. The molecule has 2 unspecified atom stereocenters. The van der Waals surface area contributed by atoms with E-state index >= 15 is 0 Å². The Kier molecular flexibility index (Phi) is 12.1. The van der Waals surface area contributed by atoms with Gasteiger partial charge in [-0.1, -0.05) is 44.5 Å². The largest absolute Gasteiger partial charge is 0.481 e. The van der Waals surface area contributed by atoms with Crippen LogP contribution in [0.15, 0.2) is 0 Å². The lowest BCUT2D eigenvalue weighted by Crippen LogP contribution is -2.20. The summed E-state index contributed by atoms with van der Waals surface area (Å²) in [5.41, 5.74) is -2.55. The predicted octanol–water partition coefficient (Wildman–Crippen LogP) is 5.85. The van der Waals surface area contributed by atoms with Crippen LogP contribution in [-0.2, 0) is 25.6 Å². The molecule has 0 bridgehead atoms. The lowest BCUT2D eigenvalue weighted by molar-refractivity contribution is -0.137. The van der Waals surface area contributed by atoms with Crippen LogP contribution in [0.2, 0.25) is 0 Å². The van der Waals surface area contributed by atoms with E-state index < -0.39 is 11.7 Å². The number of aliphatic carboxylic acids is 1. The summed E-state index contributed by atoms with van der Waals surface area (Å²) < 4.78 is 11.8. The van der Waals surface area contributed by atoms with Gasteiger partial charge in [0.2, 0.25) is 5.69 Å². The van der Waals surface area contributed by atoms with Crippen molar-refractivity contribution in [3.05, 3.63) is 0 Å². The molecular formula is C16H33O4PS2. The first-order valence-corrected chi connectivity index (χ1v) is 12.6. The first-order valence-electron chi connectivity index (χ1n) is 8.46. The van der Waals surface area contributed by atoms with E-state index in [-0.39, 0.29) is 29.8 Å². The highest BCUT2D eigenvalue weighted by Crippen LogP contribution is 2.65. The van der Waals surface area contributed by atoms with Gasteiger partial charge in [0.15, 0.2) is 0 Å². The molecule has 0 aromatic heterocycles. The summed E-state index contributed by atoms with van der Waals surface area (Å²) in [6, 6.07) is 0. The van der Waals surface area contributed by atoms with Crippen molar-refractivity contribution in [3.63, 3.8) is 0 Å². The normalized spacial score (nSPS) is 15.1. The summed E-state index contributed by atoms with van der Waals surface area (Å²) in [5, 5.41) is 9.17. The van der Waals surface area contributed by atoms with Crippen molar-refractivity contribution >= 4 is 34.9 Å². The van der Waals surface area contributed by atoms with Crippen molar-refractivity contribution in [1.82, 2.24) is 0 Å². The number of rotatable bonds is 13. The molecule has 138 valence electrons. The average molecular weight is 385 g/mol. The SMILES string of the molecule is CCCCCC(C)C(CC(=O)O)SP(=S)(OC(C)C)OC(C)C. The third-order valence-corrected chi connectivity index (χ3v) is 9.13. The van der Waals surface area contributed by atoms with Crippen LogP contribution >= 0.6 is 17.1 Å². The third-order valence-electron chi connectivity index (χ3n) is 3.22. The molecule has 0 aromatic rings. The van der Waals surface area contributed by atoms with Gasteiger partial charge in [0.05, 0.1) is 18.6 Å². The summed E-state index contributed by atoms with van der Waals surface area (Å²) in [7, 11) is 0. The van der Waals surface area contributed by atoms with Crippen molar-refractivity contribution in [2.75, 3.05) is 0 Å². The molecule has 0 heterocycles. The van der Waals surface area contributed by atoms with Crippen LogP contribution in [-0.4, -0.2) is 28.5 Å². The van der Waals surface area contributed by atoms with Gasteiger partial charge < -0.3 is 14.2 Å². The Morgan fingerprint density at radius 1 is 1.13 bits per heavy atom. The van der Waals surface area contributed by atoms with Crippen molar-refractivity contribution in [2.45, 2.75) is 91.1 Å². The van der Waals surface area contributed by atoms with Crippen LogP contribution in [0.5, 0.6) is 0 Å². The Morgan fingerprint density at radius 2 is 1.65 bits per heavy atom. The van der Waals surface area contributed by atoms with Gasteiger partial charge in [0.25, 0.3) is 0 Å². The standard InChI is InChI=1S/C16H33O4PS2/c1-7-8-9-10-14(6)15(11-16(17)18)23-21(22,19-12(2)3)20-13(4)5/h12-15H,7-11H2,1-6H3,(H,17,18). The second-order valence-electron chi connectivity index (χ2n) is 6.47. The van der Waals surface area contributed by atoms with Gasteiger partial charge in [-0.25, -0.2) is 0 Å². The number of unbranched alkanes of at least 4 members (excludes halogenated alkanes) is 2. The first-order chi connectivity index (χ1) is 10.6. The van der Waals surface area contributed by atoms with Crippen LogP contribution in [0.25, 0.3) is 0 Å². The topological polar surface area (TPSA) is 55.8 Å². The van der Waals surface area contributed by atoms with Gasteiger partial charge in [-0.2, -0.15) is 0 Å². The Hall–Kier alpha value is 0.390. The number of carbonyl (C=O) groups is 1. The number of carboxylic acid groups (broad SMARTS) is 1.